The van der Waals surface area contributed by atoms with Gasteiger partial charge in [-0.1, -0.05) is 12.1 Å². The fourth-order valence-electron chi connectivity index (χ4n) is 3.25. The average Bonchev–Trinajstić information content (AvgIpc) is 2.88. The fourth-order valence-corrected chi connectivity index (χ4v) is 4.01. The van der Waals surface area contributed by atoms with Crippen LogP contribution < -0.4 is 5.73 Å². The van der Waals surface area contributed by atoms with Crippen LogP contribution >= 0.6 is 11.9 Å². The van der Waals surface area contributed by atoms with Crippen LogP contribution in [0.4, 0.5) is 4.39 Å². The van der Waals surface area contributed by atoms with E-state index in [2.05, 4.69) is 33.6 Å². The lowest BCUT2D eigenvalue weighted by Gasteiger charge is -2.10. The highest BCUT2D eigenvalue weighted by Crippen LogP contribution is 2.29. The maximum atomic E-state index is 14.1. The van der Waals surface area contributed by atoms with Gasteiger partial charge >= 0.3 is 0 Å². The average molecular weight is 385 g/mol. The van der Waals surface area contributed by atoms with Crippen LogP contribution in [-0.4, -0.2) is 34.5 Å². The lowest BCUT2D eigenvalue weighted by molar-refractivity contribution is 0.554. The van der Waals surface area contributed by atoms with E-state index >= 15 is 0 Å². The minimum Gasteiger partial charge on any atom is -0.336 e. The first-order chi connectivity index (χ1) is 13.0. The molecule has 27 heavy (non-hydrogen) atoms. The first-order valence-corrected chi connectivity index (χ1v) is 9.68. The van der Waals surface area contributed by atoms with Gasteiger partial charge in [0.2, 0.25) is 0 Å². The number of fused-ring (bicyclic) bond motifs is 1. The first kappa shape index (κ1) is 19.6. The molecule has 0 aliphatic carbocycles. The molecule has 1 aromatic carbocycles. The Morgan fingerprint density at radius 3 is 2.85 bits per heavy atom. The third-order valence-corrected chi connectivity index (χ3v) is 5.25. The maximum absolute atomic E-state index is 14.1. The van der Waals surface area contributed by atoms with Gasteiger partial charge in [-0.3, -0.25) is 9.29 Å². The molecule has 0 fully saturated rings. The number of allylic oxidation sites excluding steroid dienone is 1. The van der Waals surface area contributed by atoms with Crippen LogP contribution in [0.2, 0.25) is 0 Å². The molecule has 142 valence electrons. The van der Waals surface area contributed by atoms with Gasteiger partial charge in [0.15, 0.2) is 0 Å². The SMILES string of the molecule is Cc1c(Cc2cccc(SN(C)C)c2)c2ncccc2n1C/C(F)=C/CN. The molecule has 0 radical (unpaired) electrons. The smallest absolute Gasteiger partial charge is 0.117 e. The summed E-state index contributed by atoms with van der Waals surface area (Å²) in [5.74, 6) is -0.225. The van der Waals surface area contributed by atoms with Gasteiger partial charge < -0.3 is 10.3 Å². The van der Waals surface area contributed by atoms with Crippen LogP contribution in [-0.2, 0) is 13.0 Å². The Balaban J connectivity index is 2.00. The fraction of sp³-hybridized carbons (Fsp3) is 0.286. The zero-order chi connectivity index (χ0) is 19.4. The van der Waals surface area contributed by atoms with Gasteiger partial charge in [0.25, 0.3) is 0 Å². The predicted molar refractivity (Wildman–Crippen MR) is 112 cm³/mol. The van der Waals surface area contributed by atoms with Gasteiger partial charge in [-0.2, -0.15) is 0 Å². The summed E-state index contributed by atoms with van der Waals surface area (Å²) in [5, 5.41) is 0. The molecule has 0 aliphatic rings. The Kier molecular flexibility index (Phi) is 6.31. The second kappa shape index (κ2) is 8.69. The van der Waals surface area contributed by atoms with Crippen molar-refractivity contribution in [2.75, 3.05) is 20.6 Å². The van der Waals surface area contributed by atoms with Crippen LogP contribution in [0.25, 0.3) is 11.0 Å². The van der Waals surface area contributed by atoms with E-state index in [4.69, 9.17) is 5.73 Å². The van der Waals surface area contributed by atoms with Crippen molar-refractivity contribution >= 4 is 23.0 Å². The van der Waals surface area contributed by atoms with Crippen molar-refractivity contribution in [1.82, 2.24) is 13.9 Å². The molecular formula is C21H25FN4S. The van der Waals surface area contributed by atoms with Crippen LogP contribution in [0.5, 0.6) is 0 Å². The summed E-state index contributed by atoms with van der Waals surface area (Å²) in [5.41, 5.74) is 10.7. The Hall–Kier alpha value is -2.15. The van der Waals surface area contributed by atoms with E-state index in [1.54, 1.807) is 18.1 Å². The zero-order valence-electron chi connectivity index (χ0n) is 15.9. The van der Waals surface area contributed by atoms with Crippen molar-refractivity contribution in [2.45, 2.75) is 24.8 Å². The Bertz CT molecular complexity index is 962. The minimum atomic E-state index is -0.225. The van der Waals surface area contributed by atoms with Crippen LogP contribution in [0.1, 0.15) is 16.8 Å². The number of rotatable bonds is 7. The van der Waals surface area contributed by atoms with Gasteiger partial charge in [0, 0.05) is 35.3 Å². The third kappa shape index (κ3) is 4.58. The number of aromatic nitrogens is 2. The second-order valence-electron chi connectivity index (χ2n) is 6.64. The lowest BCUT2D eigenvalue weighted by Crippen LogP contribution is -2.04. The molecule has 0 atom stereocenters. The van der Waals surface area contributed by atoms with Crippen molar-refractivity contribution in [3.05, 3.63) is 71.3 Å². The number of benzene rings is 1. The predicted octanol–water partition coefficient (Wildman–Crippen LogP) is 4.32. The van der Waals surface area contributed by atoms with Crippen molar-refractivity contribution in [3.63, 3.8) is 0 Å². The van der Waals surface area contributed by atoms with E-state index in [-0.39, 0.29) is 18.9 Å². The molecule has 0 bridgehead atoms. The topological polar surface area (TPSA) is 47.1 Å². The molecule has 0 spiro atoms. The molecule has 3 rings (SSSR count). The summed E-state index contributed by atoms with van der Waals surface area (Å²) in [6, 6.07) is 12.4. The van der Waals surface area contributed by atoms with E-state index in [0.29, 0.717) is 0 Å². The van der Waals surface area contributed by atoms with Crippen molar-refractivity contribution in [3.8, 4) is 0 Å². The summed E-state index contributed by atoms with van der Waals surface area (Å²) in [6.07, 6.45) is 3.97. The van der Waals surface area contributed by atoms with Gasteiger partial charge in [0.1, 0.15) is 5.83 Å². The third-order valence-electron chi connectivity index (χ3n) is 4.42. The highest BCUT2D eigenvalue weighted by atomic mass is 32.2. The molecule has 2 N–H and O–H groups in total. The second-order valence-corrected chi connectivity index (χ2v) is 8.02. The zero-order valence-corrected chi connectivity index (χ0v) is 16.8. The van der Waals surface area contributed by atoms with Gasteiger partial charge in [-0.05, 0) is 68.9 Å². The number of nitrogens with zero attached hydrogens (tertiary/aromatic N) is 3. The normalized spacial score (nSPS) is 12.3. The number of nitrogens with two attached hydrogens (primary N) is 1. The summed E-state index contributed by atoms with van der Waals surface area (Å²) in [4.78, 5) is 5.78. The molecule has 0 aliphatic heterocycles. The highest BCUT2D eigenvalue weighted by Gasteiger charge is 2.16. The Labute approximate surface area is 164 Å². The maximum Gasteiger partial charge on any atom is 0.117 e. The summed E-state index contributed by atoms with van der Waals surface area (Å²) in [7, 11) is 4.06. The van der Waals surface area contributed by atoms with E-state index < -0.39 is 0 Å². The largest absolute Gasteiger partial charge is 0.336 e. The van der Waals surface area contributed by atoms with Crippen molar-refractivity contribution < 1.29 is 4.39 Å². The van der Waals surface area contributed by atoms with Crippen LogP contribution in [0.3, 0.4) is 0 Å². The molecular weight excluding hydrogens is 359 g/mol. The molecule has 2 aromatic heterocycles. The summed E-state index contributed by atoms with van der Waals surface area (Å²) < 4.78 is 18.2. The molecule has 3 aromatic rings. The molecule has 0 amide bonds. The molecule has 6 heteroatoms. The monoisotopic (exact) mass is 384 g/mol. The van der Waals surface area contributed by atoms with Gasteiger partial charge in [-0.25, -0.2) is 4.39 Å². The van der Waals surface area contributed by atoms with E-state index in [0.717, 1.165) is 28.7 Å². The first-order valence-electron chi connectivity index (χ1n) is 8.91. The number of hydrogen-bond acceptors (Lipinski definition) is 4. The number of hydrogen-bond donors (Lipinski definition) is 1. The van der Waals surface area contributed by atoms with Crippen LogP contribution in [0, 0.1) is 6.92 Å². The van der Waals surface area contributed by atoms with Crippen molar-refractivity contribution in [1.29, 1.82) is 0 Å². The quantitative estimate of drug-likeness (QED) is 0.617. The standard InChI is InChI=1S/C21H25FN4S/c1-15-19(13-16-6-4-7-18(12-16)27-25(2)3)21-20(8-5-11-24-21)26(15)14-17(22)9-10-23/h4-9,11-12H,10,13-14,23H2,1-3H3/b17-9-. The Morgan fingerprint density at radius 1 is 1.30 bits per heavy atom. The summed E-state index contributed by atoms with van der Waals surface area (Å²) >= 11 is 1.69. The Morgan fingerprint density at radius 2 is 2.11 bits per heavy atom. The summed E-state index contributed by atoms with van der Waals surface area (Å²) in [6.45, 7) is 2.42. The van der Waals surface area contributed by atoms with Crippen molar-refractivity contribution in [2.24, 2.45) is 5.73 Å². The van der Waals surface area contributed by atoms with E-state index in [1.807, 2.05) is 37.7 Å². The van der Waals surface area contributed by atoms with Crippen LogP contribution in [0.15, 0.2) is 59.4 Å². The van der Waals surface area contributed by atoms with E-state index in [9.17, 15) is 4.39 Å². The highest BCUT2D eigenvalue weighted by molar-refractivity contribution is 7.97. The molecule has 0 unspecified atom stereocenters. The molecule has 2 heterocycles. The van der Waals surface area contributed by atoms with Gasteiger partial charge in [-0.15, -0.1) is 0 Å². The molecule has 0 saturated carbocycles. The van der Waals surface area contributed by atoms with E-state index in [1.165, 1.54) is 16.5 Å². The lowest BCUT2D eigenvalue weighted by atomic mass is 10.0. The number of pyridine rings is 1. The molecule has 0 saturated heterocycles. The van der Waals surface area contributed by atoms with Gasteiger partial charge in [0.05, 0.1) is 17.6 Å². The molecule has 4 nitrogen and oxygen atoms in total. The minimum absolute atomic E-state index is 0.182. The number of halogens is 1.